The lowest BCUT2D eigenvalue weighted by Gasteiger charge is -2.07. The van der Waals surface area contributed by atoms with Crippen molar-refractivity contribution in [3.63, 3.8) is 0 Å². The van der Waals surface area contributed by atoms with Crippen LogP contribution in [0.2, 0.25) is 5.02 Å². The lowest BCUT2D eigenvalue weighted by molar-refractivity contribution is 0.103. The maximum absolute atomic E-state index is 12.4. The summed E-state index contributed by atoms with van der Waals surface area (Å²) in [7, 11) is 0. The first-order chi connectivity index (χ1) is 9.13. The van der Waals surface area contributed by atoms with Gasteiger partial charge >= 0.3 is 0 Å². The smallest absolute Gasteiger partial charge is 0.196 e. The van der Waals surface area contributed by atoms with Crippen molar-refractivity contribution < 1.29 is 9.53 Å². The highest BCUT2D eigenvalue weighted by Crippen LogP contribution is 2.24. The number of rotatable bonds is 4. The maximum atomic E-state index is 12.4. The van der Waals surface area contributed by atoms with Crippen molar-refractivity contribution in [2.75, 3.05) is 6.61 Å². The van der Waals surface area contributed by atoms with E-state index in [2.05, 4.69) is 4.98 Å². The summed E-state index contributed by atoms with van der Waals surface area (Å²) in [6.07, 6.45) is 3.10. The average Bonchev–Trinajstić information content (AvgIpc) is 2.42. The lowest BCUT2D eigenvalue weighted by Crippen LogP contribution is -2.04. The number of nitrogens with zero attached hydrogens (tertiary/aromatic N) is 1. The van der Waals surface area contributed by atoms with Crippen LogP contribution in [0.15, 0.2) is 36.7 Å². The first-order valence-electron chi connectivity index (χ1n) is 6.01. The van der Waals surface area contributed by atoms with E-state index >= 15 is 0 Å². The van der Waals surface area contributed by atoms with Crippen molar-refractivity contribution in [2.24, 2.45) is 0 Å². The normalized spacial score (nSPS) is 10.3. The Balaban J connectivity index is 2.38. The Labute approximate surface area is 117 Å². The van der Waals surface area contributed by atoms with E-state index in [1.807, 2.05) is 26.0 Å². The number of aryl methyl sites for hydroxylation is 1. The van der Waals surface area contributed by atoms with Crippen LogP contribution in [0.4, 0.5) is 0 Å². The first-order valence-corrected chi connectivity index (χ1v) is 6.39. The number of carbonyl (C=O) groups excluding carboxylic acids is 1. The molecule has 2 rings (SSSR count). The van der Waals surface area contributed by atoms with Gasteiger partial charge in [0, 0.05) is 17.3 Å². The van der Waals surface area contributed by atoms with Gasteiger partial charge in [-0.05, 0) is 31.5 Å². The van der Waals surface area contributed by atoms with Gasteiger partial charge < -0.3 is 4.74 Å². The van der Waals surface area contributed by atoms with E-state index in [9.17, 15) is 4.79 Å². The van der Waals surface area contributed by atoms with Crippen LogP contribution in [-0.2, 0) is 0 Å². The zero-order valence-electron chi connectivity index (χ0n) is 10.8. The molecule has 19 heavy (non-hydrogen) atoms. The third kappa shape index (κ3) is 2.93. The number of benzene rings is 1. The van der Waals surface area contributed by atoms with Gasteiger partial charge in [0.2, 0.25) is 0 Å². The first kappa shape index (κ1) is 13.6. The third-order valence-electron chi connectivity index (χ3n) is 2.72. The van der Waals surface area contributed by atoms with E-state index in [4.69, 9.17) is 16.3 Å². The molecule has 0 atom stereocenters. The van der Waals surface area contributed by atoms with Gasteiger partial charge in [0.1, 0.15) is 5.75 Å². The summed E-state index contributed by atoms with van der Waals surface area (Å²) >= 11 is 6.17. The predicted octanol–water partition coefficient (Wildman–Crippen LogP) is 3.67. The molecule has 0 aliphatic carbocycles. The molecular formula is C15H14ClNO2. The van der Waals surface area contributed by atoms with Gasteiger partial charge in [-0.2, -0.15) is 0 Å². The minimum absolute atomic E-state index is 0.150. The van der Waals surface area contributed by atoms with Gasteiger partial charge in [0.25, 0.3) is 0 Å². The summed E-state index contributed by atoms with van der Waals surface area (Å²) in [4.78, 5) is 16.4. The molecule has 98 valence electrons. The van der Waals surface area contributed by atoms with Crippen molar-refractivity contribution in [1.29, 1.82) is 0 Å². The van der Waals surface area contributed by atoms with Gasteiger partial charge in [-0.1, -0.05) is 23.7 Å². The summed E-state index contributed by atoms with van der Waals surface area (Å²) in [5.41, 5.74) is 1.83. The molecule has 0 spiro atoms. The summed E-state index contributed by atoms with van der Waals surface area (Å²) in [6.45, 7) is 4.28. The minimum Gasteiger partial charge on any atom is -0.492 e. The zero-order valence-corrected chi connectivity index (χ0v) is 11.6. The van der Waals surface area contributed by atoms with Crippen molar-refractivity contribution >= 4 is 17.4 Å². The molecule has 0 bridgehead atoms. The summed E-state index contributed by atoms with van der Waals surface area (Å²) in [5, 5.41) is 0.481. The average molecular weight is 276 g/mol. The van der Waals surface area contributed by atoms with E-state index in [1.54, 1.807) is 18.3 Å². The molecule has 3 nitrogen and oxygen atoms in total. The molecule has 0 unspecified atom stereocenters. The Morgan fingerprint density at radius 1 is 1.37 bits per heavy atom. The predicted molar refractivity (Wildman–Crippen MR) is 75.0 cm³/mol. The summed E-state index contributed by atoms with van der Waals surface area (Å²) in [6, 6.07) is 7.07. The largest absolute Gasteiger partial charge is 0.492 e. The SMILES string of the molecule is CCOc1cncc(C(=O)c2cccc(C)c2Cl)c1. The van der Waals surface area contributed by atoms with E-state index in [-0.39, 0.29) is 5.78 Å². The molecule has 0 aliphatic rings. The van der Waals surface area contributed by atoms with Gasteiger partial charge in [-0.25, -0.2) is 0 Å². The van der Waals surface area contributed by atoms with Crippen molar-refractivity contribution in [3.8, 4) is 5.75 Å². The highest BCUT2D eigenvalue weighted by atomic mass is 35.5. The standard InChI is InChI=1S/C15H14ClNO2/c1-3-19-12-7-11(8-17-9-12)15(18)13-6-4-5-10(2)14(13)16/h4-9H,3H2,1-2H3. The van der Waals surface area contributed by atoms with Crippen LogP contribution in [-0.4, -0.2) is 17.4 Å². The fourth-order valence-electron chi connectivity index (χ4n) is 1.77. The number of ketones is 1. The zero-order chi connectivity index (χ0) is 13.8. The Hall–Kier alpha value is -1.87. The third-order valence-corrected chi connectivity index (χ3v) is 3.22. The van der Waals surface area contributed by atoms with Crippen LogP contribution in [0.25, 0.3) is 0 Å². The van der Waals surface area contributed by atoms with Gasteiger partial charge in [0.15, 0.2) is 5.78 Å². The van der Waals surface area contributed by atoms with Crippen molar-refractivity contribution in [3.05, 3.63) is 58.4 Å². The number of pyridine rings is 1. The molecule has 1 aromatic heterocycles. The summed E-state index contributed by atoms with van der Waals surface area (Å²) < 4.78 is 5.34. The van der Waals surface area contributed by atoms with Crippen LogP contribution < -0.4 is 4.74 Å². The van der Waals surface area contributed by atoms with Crippen LogP contribution >= 0.6 is 11.6 Å². The minimum atomic E-state index is -0.150. The van der Waals surface area contributed by atoms with Crippen LogP contribution in [0.1, 0.15) is 28.4 Å². The second-order valence-electron chi connectivity index (χ2n) is 4.11. The van der Waals surface area contributed by atoms with Crippen molar-refractivity contribution in [1.82, 2.24) is 4.98 Å². The molecule has 4 heteroatoms. The lowest BCUT2D eigenvalue weighted by atomic mass is 10.0. The molecule has 0 aliphatic heterocycles. The van der Waals surface area contributed by atoms with Crippen LogP contribution in [0, 0.1) is 6.92 Å². The van der Waals surface area contributed by atoms with Crippen molar-refractivity contribution in [2.45, 2.75) is 13.8 Å². The van der Waals surface area contributed by atoms with Crippen LogP contribution in [0.3, 0.4) is 0 Å². The Morgan fingerprint density at radius 2 is 2.16 bits per heavy atom. The highest BCUT2D eigenvalue weighted by molar-refractivity contribution is 6.35. The monoisotopic (exact) mass is 275 g/mol. The Morgan fingerprint density at radius 3 is 2.89 bits per heavy atom. The Kier molecular flexibility index (Phi) is 4.17. The molecule has 1 aromatic carbocycles. The molecule has 0 N–H and O–H groups in total. The fraction of sp³-hybridized carbons (Fsp3) is 0.200. The number of hydrogen-bond donors (Lipinski definition) is 0. The molecule has 1 heterocycles. The number of carbonyl (C=O) groups is 1. The molecule has 0 fully saturated rings. The molecule has 0 radical (unpaired) electrons. The maximum Gasteiger partial charge on any atom is 0.196 e. The van der Waals surface area contributed by atoms with Gasteiger partial charge in [0.05, 0.1) is 17.8 Å². The van der Waals surface area contributed by atoms with E-state index in [1.165, 1.54) is 6.20 Å². The summed E-state index contributed by atoms with van der Waals surface area (Å²) in [5.74, 6) is 0.430. The number of halogens is 1. The highest BCUT2D eigenvalue weighted by Gasteiger charge is 2.14. The molecule has 2 aromatic rings. The Bertz CT molecular complexity index is 611. The molecule has 0 saturated carbocycles. The van der Waals surface area contributed by atoms with Gasteiger partial charge in [-0.15, -0.1) is 0 Å². The number of hydrogen-bond acceptors (Lipinski definition) is 3. The number of aromatic nitrogens is 1. The van der Waals surface area contributed by atoms with Crippen LogP contribution in [0.5, 0.6) is 5.75 Å². The topological polar surface area (TPSA) is 39.2 Å². The second-order valence-corrected chi connectivity index (χ2v) is 4.49. The van der Waals surface area contributed by atoms with E-state index in [0.717, 1.165) is 5.56 Å². The molecule has 0 saturated heterocycles. The molecule has 0 amide bonds. The fourth-order valence-corrected chi connectivity index (χ4v) is 1.98. The quantitative estimate of drug-likeness (QED) is 0.799. The van der Waals surface area contributed by atoms with E-state index < -0.39 is 0 Å². The number of ether oxygens (including phenoxy) is 1. The van der Waals surface area contributed by atoms with Gasteiger partial charge in [-0.3, -0.25) is 9.78 Å². The molecular weight excluding hydrogens is 262 g/mol. The van der Waals surface area contributed by atoms with E-state index in [0.29, 0.717) is 28.5 Å². The second kappa shape index (κ2) is 5.85.